The van der Waals surface area contributed by atoms with E-state index in [-0.39, 0.29) is 17.1 Å². The summed E-state index contributed by atoms with van der Waals surface area (Å²) in [5, 5.41) is 16.2. The van der Waals surface area contributed by atoms with Gasteiger partial charge >= 0.3 is 0 Å². The van der Waals surface area contributed by atoms with Crippen molar-refractivity contribution in [3.05, 3.63) is 65.7 Å². The van der Waals surface area contributed by atoms with Gasteiger partial charge in [0.25, 0.3) is 0 Å². The van der Waals surface area contributed by atoms with Crippen LogP contribution in [-0.2, 0) is 17.8 Å². The quantitative estimate of drug-likeness (QED) is 0.666. The minimum atomic E-state index is -0.314. The van der Waals surface area contributed by atoms with E-state index in [9.17, 15) is 9.90 Å². The van der Waals surface area contributed by atoms with Crippen molar-refractivity contribution in [2.24, 2.45) is 5.41 Å². The highest BCUT2D eigenvalue weighted by Crippen LogP contribution is 2.36. The van der Waals surface area contributed by atoms with Gasteiger partial charge < -0.3 is 15.7 Å². The van der Waals surface area contributed by atoms with Gasteiger partial charge in [0, 0.05) is 19.6 Å². The molecule has 0 heterocycles. The van der Waals surface area contributed by atoms with Gasteiger partial charge in [-0.05, 0) is 42.5 Å². The monoisotopic (exact) mass is 366 g/mol. The molecular formula is C23H30N2O2. The molecule has 4 heteroatoms. The zero-order valence-electron chi connectivity index (χ0n) is 15.9. The molecule has 0 unspecified atom stereocenters. The molecule has 0 radical (unpaired) electrons. The van der Waals surface area contributed by atoms with Crippen molar-refractivity contribution < 1.29 is 9.90 Å². The van der Waals surface area contributed by atoms with Crippen molar-refractivity contribution in [1.29, 1.82) is 0 Å². The van der Waals surface area contributed by atoms with Crippen molar-refractivity contribution in [1.82, 2.24) is 10.6 Å². The Bertz CT molecular complexity index is 724. The van der Waals surface area contributed by atoms with Crippen LogP contribution >= 0.6 is 0 Å². The number of benzene rings is 2. The van der Waals surface area contributed by atoms with Crippen LogP contribution in [0.5, 0.6) is 5.75 Å². The standard InChI is InChI=1S/C23H30N2O2/c26-21-11-7-10-20(16-21)17-24-18-23(13-5-2-6-14-23)22(27)25-15-12-19-8-3-1-4-9-19/h1,3-4,7-11,16,24,26H,2,5-6,12-15,17-18H2,(H,25,27). The molecule has 0 atom stereocenters. The first-order chi connectivity index (χ1) is 13.2. The molecule has 0 spiro atoms. The second-order valence-corrected chi connectivity index (χ2v) is 7.61. The van der Waals surface area contributed by atoms with Gasteiger partial charge in [0.05, 0.1) is 5.41 Å². The fourth-order valence-electron chi connectivity index (χ4n) is 3.98. The summed E-state index contributed by atoms with van der Waals surface area (Å²) < 4.78 is 0. The maximum Gasteiger partial charge on any atom is 0.227 e. The Morgan fingerprint density at radius 1 is 0.963 bits per heavy atom. The van der Waals surface area contributed by atoms with Crippen LogP contribution in [0.25, 0.3) is 0 Å². The lowest BCUT2D eigenvalue weighted by Gasteiger charge is -2.36. The predicted octanol–water partition coefficient (Wildman–Crippen LogP) is 3.79. The van der Waals surface area contributed by atoms with E-state index in [0.29, 0.717) is 19.6 Å². The summed E-state index contributed by atoms with van der Waals surface area (Å²) >= 11 is 0. The van der Waals surface area contributed by atoms with E-state index in [4.69, 9.17) is 0 Å². The molecule has 3 N–H and O–H groups in total. The molecule has 144 valence electrons. The van der Waals surface area contributed by atoms with Gasteiger partial charge in [0.1, 0.15) is 5.75 Å². The highest BCUT2D eigenvalue weighted by Gasteiger charge is 2.38. The third-order valence-corrected chi connectivity index (χ3v) is 5.54. The molecule has 1 amide bonds. The zero-order chi connectivity index (χ0) is 19.0. The smallest absolute Gasteiger partial charge is 0.227 e. The van der Waals surface area contributed by atoms with Crippen LogP contribution < -0.4 is 10.6 Å². The van der Waals surface area contributed by atoms with Gasteiger partial charge in [-0.3, -0.25) is 4.79 Å². The fourth-order valence-corrected chi connectivity index (χ4v) is 3.98. The SMILES string of the molecule is O=C(NCCc1ccccc1)C1(CNCc2cccc(O)c2)CCCCC1. The summed E-state index contributed by atoms with van der Waals surface area (Å²) in [6, 6.07) is 17.5. The summed E-state index contributed by atoms with van der Waals surface area (Å²) in [6.45, 7) is 2.02. The van der Waals surface area contributed by atoms with Crippen LogP contribution in [0.1, 0.15) is 43.2 Å². The van der Waals surface area contributed by atoms with Crippen molar-refractivity contribution in [3.63, 3.8) is 0 Å². The minimum absolute atomic E-state index is 0.182. The molecule has 27 heavy (non-hydrogen) atoms. The molecule has 1 aliphatic carbocycles. The predicted molar refractivity (Wildman–Crippen MR) is 108 cm³/mol. The Morgan fingerprint density at radius 3 is 2.44 bits per heavy atom. The molecule has 2 aromatic rings. The lowest BCUT2D eigenvalue weighted by Crippen LogP contribution is -2.48. The highest BCUT2D eigenvalue weighted by molar-refractivity contribution is 5.83. The average Bonchev–Trinajstić information content (AvgIpc) is 2.69. The number of hydrogen-bond donors (Lipinski definition) is 3. The lowest BCUT2D eigenvalue weighted by molar-refractivity contribution is -0.132. The van der Waals surface area contributed by atoms with Crippen LogP contribution in [-0.4, -0.2) is 24.1 Å². The third-order valence-electron chi connectivity index (χ3n) is 5.54. The molecule has 4 nitrogen and oxygen atoms in total. The Morgan fingerprint density at radius 2 is 1.70 bits per heavy atom. The highest BCUT2D eigenvalue weighted by atomic mass is 16.3. The van der Waals surface area contributed by atoms with E-state index in [1.54, 1.807) is 12.1 Å². The number of phenols is 1. The van der Waals surface area contributed by atoms with E-state index in [1.807, 2.05) is 30.3 Å². The number of carbonyl (C=O) groups is 1. The van der Waals surface area contributed by atoms with E-state index in [1.165, 1.54) is 12.0 Å². The van der Waals surface area contributed by atoms with Gasteiger partial charge in [-0.1, -0.05) is 61.7 Å². The average molecular weight is 367 g/mol. The topological polar surface area (TPSA) is 61.4 Å². The molecule has 2 aromatic carbocycles. The molecule has 0 bridgehead atoms. The van der Waals surface area contributed by atoms with Gasteiger partial charge in [-0.25, -0.2) is 0 Å². The first-order valence-corrected chi connectivity index (χ1v) is 9.99. The lowest BCUT2D eigenvalue weighted by atomic mass is 9.73. The van der Waals surface area contributed by atoms with Crippen LogP contribution in [0.3, 0.4) is 0 Å². The molecule has 0 saturated heterocycles. The van der Waals surface area contributed by atoms with Crippen LogP contribution in [0.15, 0.2) is 54.6 Å². The summed E-state index contributed by atoms with van der Waals surface area (Å²) in [5.74, 6) is 0.460. The van der Waals surface area contributed by atoms with Crippen LogP contribution in [0.2, 0.25) is 0 Å². The number of phenolic OH excluding ortho intramolecular Hbond substituents is 1. The Labute approximate surface area is 162 Å². The van der Waals surface area contributed by atoms with E-state index < -0.39 is 0 Å². The number of rotatable bonds is 8. The van der Waals surface area contributed by atoms with Crippen molar-refractivity contribution >= 4 is 5.91 Å². The van der Waals surface area contributed by atoms with Crippen molar-refractivity contribution in [2.75, 3.05) is 13.1 Å². The van der Waals surface area contributed by atoms with E-state index >= 15 is 0 Å². The summed E-state index contributed by atoms with van der Waals surface area (Å²) in [6.07, 6.45) is 6.18. The van der Waals surface area contributed by atoms with E-state index in [0.717, 1.165) is 37.7 Å². The molecule has 0 aliphatic heterocycles. The third kappa shape index (κ3) is 5.57. The normalized spacial score (nSPS) is 16.0. The molecule has 0 aromatic heterocycles. The maximum absolute atomic E-state index is 13.0. The second kappa shape index (κ2) is 9.56. The van der Waals surface area contributed by atoms with Crippen LogP contribution in [0.4, 0.5) is 0 Å². The Hall–Kier alpha value is -2.33. The first-order valence-electron chi connectivity index (χ1n) is 9.99. The molecule has 1 fully saturated rings. The second-order valence-electron chi connectivity index (χ2n) is 7.61. The zero-order valence-corrected chi connectivity index (χ0v) is 15.9. The number of amides is 1. The number of carbonyl (C=O) groups excluding carboxylic acids is 1. The van der Waals surface area contributed by atoms with E-state index in [2.05, 4.69) is 22.8 Å². The molecule has 1 aliphatic rings. The van der Waals surface area contributed by atoms with Crippen LogP contribution in [0, 0.1) is 5.41 Å². The largest absolute Gasteiger partial charge is 0.508 e. The van der Waals surface area contributed by atoms with Crippen molar-refractivity contribution in [2.45, 2.75) is 45.1 Å². The van der Waals surface area contributed by atoms with Gasteiger partial charge in [-0.2, -0.15) is 0 Å². The van der Waals surface area contributed by atoms with Gasteiger partial charge in [-0.15, -0.1) is 0 Å². The summed E-state index contributed by atoms with van der Waals surface area (Å²) in [5.41, 5.74) is 1.97. The number of nitrogens with one attached hydrogen (secondary N) is 2. The molecule has 3 rings (SSSR count). The Balaban J connectivity index is 1.53. The number of hydrogen-bond acceptors (Lipinski definition) is 3. The molecule has 1 saturated carbocycles. The summed E-state index contributed by atoms with van der Waals surface area (Å²) in [4.78, 5) is 13.0. The van der Waals surface area contributed by atoms with Crippen molar-refractivity contribution in [3.8, 4) is 5.75 Å². The first kappa shape index (κ1) is 19.4. The summed E-state index contributed by atoms with van der Waals surface area (Å²) in [7, 11) is 0. The minimum Gasteiger partial charge on any atom is -0.508 e. The number of aromatic hydroxyl groups is 1. The van der Waals surface area contributed by atoms with Gasteiger partial charge in [0.15, 0.2) is 0 Å². The Kier molecular flexibility index (Phi) is 6.88. The van der Waals surface area contributed by atoms with Gasteiger partial charge in [0.2, 0.25) is 5.91 Å². The molecular weight excluding hydrogens is 336 g/mol. The maximum atomic E-state index is 13.0. The fraction of sp³-hybridized carbons (Fsp3) is 0.435.